The summed E-state index contributed by atoms with van der Waals surface area (Å²) in [6, 6.07) is 4.97. The molecule has 0 saturated carbocycles. The fourth-order valence-corrected chi connectivity index (χ4v) is 2.55. The van der Waals surface area contributed by atoms with E-state index in [1.165, 1.54) is 7.11 Å². The van der Waals surface area contributed by atoms with E-state index in [-0.39, 0.29) is 11.6 Å². The van der Waals surface area contributed by atoms with Crippen LogP contribution in [-0.4, -0.2) is 41.4 Å². The number of methoxy groups -OCH3 is 1. The molecule has 128 valence electrons. The Morgan fingerprint density at radius 1 is 1.36 bits per heavy atom. The molecule has 1 aliphatic rings. The Hall–Kier alpha value is -3.21. The van der Waals surface area contributed by atoms with Gasteiger partial charge in [-0.05, 0) is 18.2 Å². The van der Waals surface area contributed by atoms with Crippen LogP contribution in [0, 0.1) is 12.3 Å². The van der Waals surface area contributed by atoms with Crippen molar-refractivity contribution in [3.05, 3.63) is 29.5 Å². The van der Waals surface area contributed by atoms with Crippen LogP contribution in [0.4, 0.5) is 0 Å². The molecule has 1 aromatic heterocycles. The molecule has 2 aromatic rings. The highest BCUT2D eigenvalue weighted by atomic mass is 16.5. The predicted molar refractivity (Wildman–Crippen MR) is 90.0 cm³/mol. The highest BCUT2D eigenvalue weighted by molar-refractivity contribution is 6.05. The molecule has 8 nitrogen and oxygen atoms in total. The molecule has 0 bridgehead atoms. The lowest BCUT2D eigenvalue weighted by Gasteiger charge is -2.10. The number of fused-ring (bicyclic) bond motifs is 1. The number of ether oxygens (including phenoxy) is 1. The van der Waals surface area contributed by atoms with Gasteiger partial charge in [0.25, 0.3) is 5.91 Å². The third-order valence-corrected chi connectivity index (χ3v) is 4.07. The van der Waals surface area contributed by atoms with Crippen molar-refractivity contribution in [3.63, 3.8) is 0 Å². The highest BCUT2D eigenvalue weighted by Gasteiger charge is 2.38. The Morgan fingerprint density at radius 2 is 2.16 bits per heavy atom. The number of benzene rings is 1. The Labute approximate surface area is 144 Å². The molecule has 3 rings (SSSR count). The monoisotopic (exact) mass is 339 g/mol. The molecule has 0 unspecified atom stereocenters. The van der Waals surface area contributed by atoms with E-state index in [1.54, 1.807) is 18.2 Å². The van der Waals surface area contributed by atoms with Crippen molar-refractivity contribution in [2.24, 2.45) is 10.2 Å². The number of carbonyl (C=O) groups excluding carboxylic acids is 2. The summed E-state index contributed by atoms with van der Waals surface area (Å²) in [5, 5.41) is 18.1. The molecule has 1 amide bonds. The summed E-state index contributed by atoms with van der Waals surface area (Å²) >= 11 is 0. The second-order valence-corrected chi connectivity index (χ2v) is 5.72. The van der Waals surface area contributed by atoms with Crippen LogP contribution in [0.2, 0.25) is 0 Å². The lowest BCUT2D eigenvalue weighted by atomic mass is 10.0. The van der Waals surface area contributed by atoms with Crippen LogP contribution in [0.5, 0.6) is 0 Å². The second-order valence-electron chi connectivity index (χ2n) is 5.72. The van der Waals surface area contributed by atoms with Crippen LogP contribution < -0.4 is 5.32 Å². The van der Waals surface area contributed by atoms with Crippen LogP contribution >= 0.6 is 0 Å². The SMILES string of the molecule is C#CCCC1(CCNC(=O)c2ccc3[nH]nc(C(=O)OC)c3c2)N=N1. The topological polar surface area (TPSA) is 109 Å². The zero-order valence-corrected chi connectivity index (χ0v) is 13.7. The molecule has 0 atom stereocenters. The van der Waals surface area contributed by atoms with E-state index in [0.29, 0.717) is 42.3 Å². The van der Waals surface area contributed by atoms with Crippen molar-refractivity contribution in [2.45, 2.75) is 24.9 Å². The molecule has 0 aliphatic carbocycles. The van der Waals surface area contributed by atoms with Gasteiger partial charge >= 0.3 is 5.97 Å². The number of amides is 1. The van der Waals surface area contributed by atoms with Crippen molar-refractivity contribution < 1.29 is 14.3 Å². The Kier molecular flexibility index (Phi) is 4.48. The van der Waals surface area contributed by atoms with Crippen LogP contribution in [0.1, 0.15) is 40.1 Å². The molecule has 0 saturated heterocycles. The molecule has 0 fully saturated rings. The van der Waals surface area contributed by atoms with Crippen LogP contribution in [-0.2, 0) is 4.74 Å². The second kappa shape index (κ2) is 6.73. The number of nitrogens with zero attached hydrogens (tertiary/aromatic N) is 3. The number of hydrogen-bond acceptors (Lipinski definition) is 6. The van der Waals surface area contributed by atoms with Gasteiger partial charge in [0, 0.05) is 36.8 Å². The standard InChI is InChI=1S/C17H17N5O3/c1-3-4-7-17(21-22-17)8-9-18-15(23)11-5-6-13-12(10-11)14(20-19-13)16(24)25-2/h1,5-6,10H,4,7-9H2,2H3,(H,18,23)(H,19,20). The minimum absolute atomic E-state index is 0.149. The summed E-state index contributed by atoms with van der Waals surface area (Å²) in [6.07, 6.45) is 7.17. The first-order valence-electron chi connectivity index (χ1n) is 7.81. The van der Waals surface area contributed by atoms with E-state index in [9.17, 15) is 9.59 Å². The molecule has 2 N–H and O–H groups in total. The number of carbonyl (C=O) groups is 2. The van der Waals surface area contributed by atoms with Crippen LogP contribution in [0.15, 0.2) is 28.4 Å². The number of hydrogen-bond donors (Lipinski definition) is 2. The molecule has 2 heterocycles. The summed E-state index contributed by atoms with van der Waals surface area (Å²) < 4.78 is 4.69. The number of aromatic nitrogens is 2. The van der Waals surface area contributed by atoms with Gasteiger partial charge in [-0.25, -0.2) is 4.79 Å². The van der Waals surface area contributed by atoms with E-state index in [2.05, 4.69) is 36.4 Å². The van der Waals surface area contributed by atoms with E-state index in [0.717, 1.165) is 0 Å². The van der Waals surface area contributed by atoms with Gasteiger partial charge in [-0.15, -0.1) is 12.3 Å². The van der Waals surface area contributed by atoms with Crippen molar-refractivity contribution in [2.75, 3.05) is 13.7 Å². The molecular weight excluding hydrogens is 322 g/mol. The number of H-pyrrole nitrogens is 1. The number of nitrogens with one attached hydrogen (secondary N) is 2. The Bertz CT molecular complexity index is 887. The molecule has 0 spiro atoms. The smallest absolute Gasteiger partial charge is 0.359 e. The maximum absolute atomic E-state index is 12.3. The molecule has 0 radical (unpaired) electrons. The zero-order valence-electron chi connectivity index (χ0n) is 13.7. The average molecular weight is 339 g/mol. The average Bonchev–Trinajstić information content (AvgIpc) is 3.27. The van der Waals surface area contributed by atoms with Crippen LogP contribution in [0.25, 0.3) is 10.9 Å². The van der Waals surface area contributed by atoms with Crippen molar-refractivity contribution >= 4 is 22.8 Å². The van der Waals surface area contributed by atoms with Gasteiger partial charge in [-0.3, -0.25) is 9.89 Å². The van der Waals surface area contributed by atoms with Gasteiger partial charge in [-0.2, -0.15) is 15.3 Å². The van der Waals surface area contributed by atoms with Crippen molar-refractivity contribution in [1.82, 2.24) is 15.5 Å². The number of terminal acetylenes is 1. The molecule has 1 aliphatic heterocycles. The minimum Gasteiger partial charge on any atom is -0.464 e. The third-order valence-electron chi connectivity index (χ3n) is 4.07. The minimum atomic E-state index is -0.559. The summed E-state index contributed by atoms with van der Waals surface area (Å²) in [5.41, 5.74) is 0.810. The highest BCUT2D eigenvalue weighted by Crippen LogP contribution is 2.36. The van der Waals surface area contributed by atoms with Gasteiger partial charge in [0.2, 0.25) is 0 Å². The van der Waals surface area contributed by atoms with E-state index in [1.807, 2.05) is 0 Å². The van der Waals surface area contributed by atoms with E-state index < -0.39 is 11.6 Å². The zero-order chi connectivity index (χ0) is 17.9. The van der Waals surface area contributed by atoms with Gasteiger partial charge in [0.1, 0.15) is 0 Å². The van der Waals surface area contributed by atoms with Gasteiger partial charge in [0.05, 0.1) is 12.6 Å². The van der Waals surface area contributed by atoms with E-state index >= 15 is 0 Å². The predicted octanol–water partition coefficient (Wildman–Crippen LogP) is 2.04. The van der Waals surface area contributed by atoms with Crippen molar-refractivity contribution in [3.8, 4) is 12.3 Å². The lowest BCUT2D eigenvalue weighted by molar-refractivity contribution is 0.0596. The largest absolute Gasteiger partial charge is 0.464 e. The number of esters is 1. The number of aromatic amines is 1. The van der Waals surface area contributed by atoms with Gasteiger partial charge in [0.15, 0.2) is 11.4 Å². The maximum atomic E-state index is 12.3. The maximum Gasteiger partial charge on any atom is 0.359 e. The summed E-state index contributed by atoms with van der Waals surface area (Å²) in [4.78, 5) is 24.0. The first-order valence-corrected chi connectivity index (χ1v) is 7.81. The van der Waals surface area contributed by atoms with Gasteiger partial charge < -0.3 is 10.1 Å². The molecule has 8 heteroatoms. The lowest BCUT2D eigenvalue weighted by Crippen LogP contribution is -2.28. The first-order chi connectivity index (χ1) is 12.1. The molecule has 1 aromatic carbocycles. The summed E-state index contributed by atoms with van der Waals surface area (Å²) in [6.45, 7) is 0.434. The van der Waals surface area contributed by atoms with Crippen molar-refractivity contribution in [1.29, 1.82) is 0 Å². The van der Waals surface area contributed by atoms with Crippen LogP contribution in [0.3, 0.4) is 0 Å². The molecular formula is C17H17N5O3. The summed E-state index contributed by atoms with van der Waals surface area (Å²) in [5.74, 6) is 1.77. The first kappa shape index (κ1) is 16.6. The Balaban J connectivity index is 1.64. The number of rotatable bonds is 7. The quantitative estimate of drug-likeness (QED) is 0.594. The molecule has 25 heavy (non-hydrogen) atoms. The van der Waals surface area contributed by atoms with Gasteiger partial charge in [-0.1, -0.05) is 0 Å². The Morgan fingerprint density at radius 3 is 2.84 bits per heavy atom. The van der Waals surface area contributed by atoms with E-state index in [4.69, 9.17) is 6.42 Å². The summed E-state index contributed by atoms with van der Waals surface area (Å²) in [7, 11) is 1.28. The third kappa shape index (κ3) is 3.50. The fourth-order valence-electron chi connectivity index (χ4n) is 2.55. The normalized spacial score (nSPS) is 14.1. The fraction of sp³-hybridized carbons (Fsp3) is 0.353.